The normalized spacial score (nSPS) is 21.8. The monoisotopic (exact) mass is 345 g/mol. The van der Waals surface area contributed by atoms with Crippen LogP contribution in [0.5, 0.6) is 0 Å². The fourth-order valence-electron chi connectivity index (χ4n) is 3.61. The van der Waals surface area contributed by atoms with Gasteiger partial charge in [0.1, 0.15) is 0 Å². The highest BCUT2D eigenvalue weighted by Gasteiger charge is 2.36. The minimum Gasteiger partial charge on any atom is -0.381 e. The summed E-state index contributed by atoms with van der Waals surface area (Å²) in [5.41, 5.74) is 0.928. The number of para-hydroxylation sites is 1. The van der Waals surface area contributed by atoms with Crippen LogP contribution in [0.2, 0.25) is 0 Å². The molecule has 1 aromatic carbocycles. The molecule has 6 heteroatoms. The van der Waals surface area contributed by atoms with E-state index in [1.165, 1.54) is 0 Å². The number of benzene rings is 1. The zero-order chi connectivity index (χ0) is 17.6. The first-order valence-corrected chi connectivity index (χ1v) is 9.16. The topological polar surface area (TPSA) is 61.9 Å². The second kappa shape index (κ2) is 8.45. The lowest BCUT2D eigenvalue weighted by atomic mass is 10.1. The highest BCUT2D eigenvalue weighted by atomic mass is 16.5. The molecular formula is C19H27N3O3. The van der Waals surface area contributed by atoms with Gasteiger partial charge in [-0.2, -0.15) is 0 Å². The minimum atomic E-state index is -0.217. The van der Waals surface area contributed by atoms with Crippen LogP contribution in [0.15, 0.2) is 30.3 Å². The maximum absolute atomic E-state index is 12.8. The Balaban J connectivity index is 1.57. The minimum absolute atomic E-state index is 0.000267. The molecule has 1 unspecified atom stereocenters. The predicted molar refractivity (Wildman–Crippen MR) is 96.4 cm³/mol. The Morgan fingerprint density at radius 2 is 1.96 bits per heavy atom. The number of amides is 2. The molecule has 1 aromatic rings. The summed E-state index contributed by atoms with van der Waals surface area (Å²) in [7, 11) is 0. The van der Waals surface area contributed by atoms with Crippen molar-refractivity contribution in [1.29, 1.82) is 0 Å². The van der Waals surface area contributed by atoms with Crippen molar-refractivity contribution < 1.29 is 14.3 Å². The summed E-state index contributed by atoms with van der Waals surface area (Å²) in [6, 6.07) is 9.71. The van der Waals surface area contributed by atoms with Crippen molar-refractivity contribution in [2.24, 2.45) is 0 Å². The van der Waals surface area contributed by atoms with E-state index < -0.39 is 0 Å². The molecule has 3 rings (SSSR count). The number of likely N-dealkylation sites (N-methyl/N-ethyl adjacent to an activating group) is 1. The van der Waals surface area contributed by atoms with E-state index in [0.29, 0.717) is 26.3 Å². The molecule has 25 heavy (non-hydrogen) atoms. The van der Waals surface area contributed by atoms with Gasteiger partial charge in [-0.3, -0.25) is 14.5 Å². The zero-order valence-electron chi connectivity index (χ0n) is 14.8. The van der Waals surface area contributed by atoms with Crippen LogP contribution < -0.4 is 10.2 Å². The quantitative estimate of drug-likeness (QED) is 0.847. The molecule has 1 N–H and O–H groups in total. The third-order valence-electron chi connectivity index (χ3n) is 5.03. The lowest BCUT2D eigenvalue weighted by Gasteiger charge is -2.28. The molecule has 2 aliphatic rings. The Kier molecular flexibility index (Phi) is 6.04. The SMILES string of the molecule is CCN(CC(=O)NC1CCOCC1)C1CCN(c2ccccc2)C1=O. The summed E-state index contributed by atoms with van der Waals surface area (Å²) in [5.74, 6) is 0.0895. The summed E-state index contributed by atoms with van der Waals surface area (Å²) in [6.45, 7) is 5.06. The van der Waals surface area contributed by atoms with Crippen molar-refractivity contribution in [3.8, 4) is 0 Å². The highest BCUT2D eigenvalue weighted by molar-refractivity contribution is 5.99. The van der Waals surface area contributed by atoms with E-state index in [4.69, 9.17) is 4.74 Å². The first-order chi connectivity index (χ1) is 12.2. The summed E-state index contributed by atoms with van der Waals surface area (Å²) >= 11 is 0. The number of hydrogen-bond acceptors (Lipinski definition) is 4. The molecule has 0 bridgehead atoms. The van der Waals surface area contributed by atoms with Crippen molar-refractivity contribution in [3.05, 3.63) is 30.3 Å². The second-order valence-electron chi connectivity index (χ2n) is 6.65. The molecule has 1 atom stereocenters. The van der Waals surface area contributed by atoms with Crippen molar-refractivity contribution in [2.75, 3.05) is 37.7 Å². The van der Waals surface area contributed by atoms with E-state index >= 15 is 0 Å². The molecule has 2 fully saturated rings. The maximum atomic E-state index is 12.8. The van der Waals surface area contributed by atoms with Crippen molar-refractivity contribution in [2.45, 2.75) is 38.3 Å². The lowest BCUT2D eigenvalue weighted by molar-refractivity contribution is -0.126. The van der Waals surface area contributed by atoms with Crippen LogP contribution in [-0.4, -0.2) is 61.6 Å². The summed E-state index contributed by atoms with van der Waals surface area (Å²) < 4.78 is 5.32. The Bertz CT molecular complexity index is 587. The fourth-order valence-corrected chi connectivity index (χ4v) is 3.61. The molecule has 2 aliphatic heterocycles. The Hall–Kier alpha value is -1.92. The van der Waals surface area contributed by atoms with Gasteiger partial charge in [-0.15, -0.1) is 0 Å². The molecule has 6 nitrogen and oxygen atoms in total. The molecule has 2 heterocycles. The van der Waals surface area contributed by atoms with Crippen LogP contribution in [0.25, 0.3) is 0 Å². The molecule has 0 saturated carbocycles. The van der Waals surface area contributed by atoms with E-state index in [0.717, 1.165) is 24.9 Å². The number of anilines is 1. The van der Waals surface area contributed by atoms with E-state index in [1.54, 1.807) is 0 Å². The van der Waals surface area contributed by atoms with E-state index in [1.807, 2.05) is 47.1 Å². The van der Waals surface area contributed by atoms with Crippen molar-refractivity contribution in [3.63, 3.8) is 0 Å². The zero-order valence-corrected chi connectivity index (χ0v) is 14.8. The standard InChI is InChI=1S/C19H27N3O3/c1-2-21(14-18(23)20-15-9-12-25-13-10-15)17-8-11-22(19(17)24)16-6-4-3-5-7-16/h3-7,15,17H,2,8-14H2,1H3,(H,20,23). The number of carbonyl (C=O) groups is 2. The van der Waals surface area contributed by atoms with Crippen LogP contribution in [0.4, 0.5) is 5.69 Å². The number of ether oxygens (including phenoxy) is 1. The van der Waals surface area contributed by atoms with E-state index in [9.17, 15) is 9.59 Å². The largest absolute Gasteiger partial charge is 0.381 e. The third-order valence-corrected chi connectivity index (χ3v) is 5.03. The first kappa shape index (κ1) is 17.9. The number of carbonyl (C=O) groups excluding carboxylic acids is 2. The molecule has 0 radical (unpaired) electrons. The number of hydrogen-bond donors (Lipinski definition) is 1. The van der Waals surface area contributed by atoms with Gasteiger partial charge in [0, 0.05) is 31.5 Å². The Morgan fingerprint density at radius 3 is 2.64 bits per heavy atom. The van der Waals surface area contributed by atoms with Gasteiger partial charge >= 0.3 is 0 Å². The third kappa shape index (κ3) is 4.38. The van der Waals surface area contributed by atoms with E-state index in [2.05, 4.69) is 5.32 Å². The summed E-state index contributed by atoms with van der Waals surface area (Å²) in [6.07, 6.45) is 2.48. The molecule has 0 aliphatic carbocycles. The van der Waals surface area contributed by atoms with Crippen LogP contribution in [-0.2, 0) is 14.3 Å². The molecule has 0 aromatic heterocycles. The van der Waals surface area contributed by atoms with Gasteiger partial charge in [-0.1, -0.05) is 25.1 Å². The van der Waals surface area contributed by atoms with Crippen LogP contribution in [0.1, 0.15) is 26.2 Å². The Morgan fingerprint density at radius 1 is 1.24 bits per heavy atom. The van der Waals surface area contributed by atoms with Gasteiger partial charge in [-0.25, -0.2) is 0 Å². The number of nitrogens with one attached hydrogen (secondary N) is 1. The fraction of sp³-hybridized carbons (Fsp3) is 0.579. The predicted octanol–water partition coefficient (Wildman–Crippen LogP) is 1.41. The molecule has 136 valence electrons. The van der Waals surface area contributed by atoms with Gasteiger partial charge in [0.2, 0.25) is 11.8 Å². The maximum Gasteiger partial charge on any atom is 0.244 e. The van der Waals surface area contributed by atoms with Gasteiger partial charge in [0.25, 0.3) is 0 Å². The van der Waals surface area contributed by atoms with Crippen molar-refractivity contribution in [1.82, 2.24) is 10.2 Å². The smallest absolute Gasteiger partial charge is 0.244 e. The molecule has 2 saturated heterocycles. The van der Waals surface area contributed by atoms with Gasteiger partial charge in [0.15, 0.2) is 0 Å². The number of nitrogens with zero attached hydrogens (tertiary/aromatic N) is 2. The second-order valence-corrected chi connectivity index (χ2v) is 6.65. The molecule has 2 amide bonds. The van der Waals surface area contributed by atoms with Gasteiger partial charge in [-0.05, 0) is 37.9 Å². The average Bonchev–Trinajstić information content (AvgIpc) is 3.02. The first-order valence-electron chi connectivity index (χ1n) is 9.16. The van der Waals surface area contributed by atoms with Crippen molar-refractivity contribution >= 4 is 17.5 Å². The van der Waals surface area contributed by atoms with Gasteiger partial charge in [0.05, 0.1) is 12.6 Å². The van der Waals surface area contributed by atoms with Crippen LogP contribution in [0, 0.1) is 0 Å². The highest BCUT2D eigenvalue weighted by Crippen LogP contribution is 2.24. The van der Waals surface area contributed by atoms with Crippen LogP contribution in [0.3, 0.4) is 0 Å². The average molecular weight is 345 g/mol. The summed E-state index contributed by atoms with van der Waals surface area (Å²) in [4.78, 5) is 29.0. The molecular weight excluding hydrogens is 318 g/mol. The van der Waals surface area contributed by atoms with E-state index in [-0.39, 0.29) is 30.4 Å². The number of rotatable bonds is 6. The summed E-state index contributed by atoms with van der Waals surface area (Å²) in [5, 5.41) is 3.08. The molecule has 0 spiro atoms. The Labute approximate surface area is 149 Å². The van der Waals surface area contributed by atoms with Crippen LogP contribution >= 0.6 is 0 Å². The van der Waals surface area contributed by atoms with Gasteiger partial charge < -0.3 is 15.0 Å². The lowest BCUT2D eigenvalue weighted by Crippen LogP contribution is -2.49.